The van der Waals surface area contributed by atoms with Crippen LogP contribution in [0.15, 0.2) is 91.0 Å². The van der Waals surface area contributed by atoms with Gasteiger partial charge in [0.2, 0.25) is 0 Å². The molecule has 0 aliphatic heterocycles. The van der Waals surface area contributed by atoms with Crippen molar-refractivity contribution < 1.29 is 18.7 Å². The Bertz CT molecular complexity index is 569. The molecule has 0 aromatic heterocycles. The molecule has 0 fully saturated rings. The van der Waals surface area contributed by atoms with Crippen LogP contribution in [0.4, 0.5) is 0 Å². The average molecular weight is 370 g/mol. The fourth-order valence-corrected chi connectivity index (χ4v) is 7.70. The first kappa shape index (κ1) is 13.7. The molecule has 20 heavy (non-hydrogen) atoms. The fourth-order valence-electron chi connectivity index (χ4n) is 2.47. The third kappa shape index (κ3) is 2.50. The average Bonchev–Trinajstić information content (AvgIpc) is 2.56. The van der Waals surface area contributed by atoms with E-state index in [0.717, 1.165) is 0 Å². The van der Waals surface area contributed by atoms with Crippen molar-refractivity contribution in [2.75, 3.05) is 0 Å². The molecule has 0 aliphatic rings. The second-order valence-electron chi connectivity index (χ2n) is 4.71. The molecule has 0 aliphatic carbocycles. The Morgan fingerprint density at radius 3 is 0.950 bits per heavy atom. The molecule has 0 N–H and O–H groups in total. The topological polar surface area (TPSA) is 0 Å². The van der Waals surface area contributed by atoms with Gasteiger partial charge in [0.15, 0.2) is 0 Å². The molecule has 0 saturated heterocycles. The summed E-state index contributed by atoms with van der Waals surface area (Å²) in [7, 11) is 0. The molecule has 0 nitrogen and oxygen atoms in total. The summed E-state index contributed by atoms with van der Waals surface area (Å²) >= 11 is 3.81. The molecule has 0 saturated carbocycles. The number of hydrogen-bond acceptors (Lipinski definition) is 0. The molecule has 3 aromatic rings. The third-order valence-corrected chi connectivity index (χ3v) is 10.8. The molecule has 3 rings (SSSR count). The van der Waals surface area contributed by atoms with Crippen LogP contribution in [-0.2, 0) is 18.7 Å². The van der Waals surface area contributed by atoms with E-state index in [4.69, 9.17) is 0 Å². The van der Waals surface area contributed by atoms with E-state index in [1.165, 1.54) is 15.9 Å². The molecular formula is C18H16PPd. The summed E-state index contributed by atoms with van der Waals surface area (Å²) in [6.45, 7) is 0. The zero-order valence-corrected chi connectivity index (χ0v) is 13.5. The Morgan fingerprint density at radius 2 is 0.700 bits per heavy atom. The molecular weight excluding hydrogens is 354 g/mol. The van der Waals surface area contributed by atoms with Gasteiger partial charge in [-0.05, 0) is 0 Å². The van der Waals surface area contributed by atoms with Crippen LogP contribution in [0.3, 0.4) is 0 Å². The van der Waals surface area contributed by atoms with E-state index in [9.17, 15) is 0 Å². The van der Waals surface area contributed by atoms with E-state index >= 15 is 0 Å². The molecule has 3 aromatic carbocycles. The molecule has 0 unspecified atom stereocenters. The van der Waals surface area contributed by atoms with Crippen LogP contribution in [0.2, 0.25) is 0 Å². The van der Waals surface area contributed by atoms with Crippen LogP contribution in [0, 0.1) is 0 Å². The van der Waals surface area contributed by atoms with Crippen molar-refractivity contribution in [1.29, 1.82) is 0 Å². The molecule has 0 atom stereocenters. The van der Waals surface area contributed by atoms with Crippen molar-refractivity contribution in [3.05, 3.63) is 91.0 Å². The van der Waals surface area contributed by atoms with Gasteiger partial charge in [0, 0.05) is 0 Å². The first-order valence-corrected chi connectivity index (χ1v) is 10.8. The summed E-state index contributed by atoms with van der Waals surface area (Å²) in [5.74, 6) is 0. The monoisotopic (exact) mass is 369 g/mol. The molecule has 103 valence electrons. The molecule has 0 bridgehead atoms. The Morgan fingerprint density at radius 1 is 0.450 bits per heavy atom. The summed E-state index contributed by atoms with van der Waals surface area (Å²) in [5.41, 5.74) is -2.03. The van der Waals surface area contributed by atoms with Gasteiger partial charge in [-0.3, -0.25) is 0 Å². The van der Waals surface area contributed by atoms with E-state index in [0.29, 0.717) is 0 Å². The van der Waals surface area contributed by atoms with Crippen molar-refractivity contribution in [3.8, 4) is 0 Å². The summed E-state index contributed by atoms with van der Waals surface area (Å²) in [4.78, 5) is 0. The molecule has 0 amide bonds. The van der Waals surface area contributed by atoms with Gasteiger partial charge >= 0.3 is 131 Å². The Hall–Kier alpha value is -1.25. The van der Waals surface area contributed by atoms with Crippen LogP contribution >= 0.6 is 5.45 Å². The Kier molecular flexibility index (Phi) is 4.13. The first-order chi connectivity index (χ1) is 9.82. The molecule has 0 spiro atoms. The van der Waals surface area contributed by atoms with E-state index in [1.54, 1.807) is 0 Å². The second kappa shape index (κ2) is 6.03. The van der Waals surface area contributed by atoms with Crippen LogP contribution in [0.25, 0.3) is 0 Å². The minimum atomic E-state index is -2.03. The van der Waals surface area contributed by atoms with Crippen molar-refractivity contribution >= 4 is 21.4 Å². The normalized spacial score (nSPS) is 12.1. The van der Waals surface area contributed by atoms with Crippen molar-refractivity contribution in [2.24, 2.45) is 0 Å². The molecule has 0 radical (unpaired) electrons. The van der Waals surface area contributed by atoms with Crippen LogP contribution < -0.4 is 15.9 Å². The quantitative estimate of drug-likeness (QED) is 0.491. The zero-order valence-electron chi connectivity index (χ0n) is 11.0. The third-order valence-electron chi connectivity index (χ3n) is 3.46. The maximum absolute atomic E-state index is 3.81. The number of hydrogen-bond donors (Lipinski definition) is 0. The summed E-state index contributed by atoms with van der Waals surface area (Å²) in [5, 5.41) is 4.17. The van der Waals surface area contributed by atoms with Crippen molar-refractivity contribution in [3.63, 3.8) is 0 Å². The predicted molar refractivity (Wildman–Crippen MR) is 86.5 cm³/mol. The van der Waals surface area contributed by atoms with E-state index in [1.807, 2.05) is 0 Å². The van der Waals surface area contributed by atoms with Gasteiger partial charge in [0.25, 0.3) is 0 Å². The fraction of sp³-hybridized carbons (Fsp3) is 0. The van der Waals surface area contributed by atoms with Crippen LogP contribution in [0.5, 0.6) is 0 Å². The number of benzene rings is 3. The zero-order chi connectivity index (χ0) is 13.8. The Balaban J connectivity index is 2.24. The van der Waals surface area contributed by atoms with Crippen LogP contribution in [0.1, 0.15) is 0 Å². The minimum absolute atomic E-state index is 1.39. The van der Waals surface area contributed by atoms with Gasteiger partial charge in [-0.15, -0.1) is 0 Å². The van der Waals surface area contributed by atoms with Gasteiger partial charge < -0.3 is 0 Å². The second-order valence-corrected chi connectivity index (χ2v) is 11.2. The van der Waals surface area contributed by atoms with Crippen molar-refractivity contribution in [1.82, 2.24) is 0 Å². The summed E-state index contributed by atoms with van der Waals surface area (Å²) < 4.78 is 0. The SMILES string of the molecule is [Pd][PH](c1ccccc1)(c1ccccc1)c1ccccc1. The van der Waals surface area contributed by atoms with Crippen LogP contribution in [-0.4, -0.2) is 0 Å². The van der Waals surface area contributed by atoms with Gasteiger partial charge in [0.05, 0.1) is 0 Å². The van der Waals surface area contributed by atoms with Crippen molar-refractivity contribution in [2.45, 2.75) is 0 Å². The summed E-state index contributed by atoms with van der Waals surface area (Å²) in [6.07, 6.45) is 0. The van der Waals surface area contributed by atoms with Gasteiger partial charge in [-0.2, -0.15) is 0 Å². The van der Waals surface area contributed by atoms with Gasteiger partial charge in [-0.1, -0.05) is 0 Å². The van der Waals surface area contributed by atoms with Gasteiger partial charge in [0.1, 0.15) is 0 Å². The first-order valence-electron chi connectivity index (χ1n) is 6.64. The number of rotatable bonds is 3. The summed E-state index contributed by atoms with van der Waals surface area (Å²) in [6, 6.07) is 32.3. The molecule has 0 heterocycles. The van der Waals surface area contributed by atoms with E-state index in [-0.39, 0.29) is 0 Å². The van der Waals surface area contributed by atoms with Gasteiger partial charge in [-0.25, -0.2) is 0 Å². The molecule has 2 heteroatoms. The van der Waals surface area contributed by atoms with E-state index < -0.39 is 5.45 Å². The standard InChI is InChI=1S/C18H15P.Pd/c1-4-10-16(11-5-1)19(17-12-6-2-7-13-17)18-14-8-3-9-15-18;/h1-15H;/q;-1/p+1. The Labute approximate surface area is 131 Å². The maximum atomic E-state index is 3.81. The van der Waals surface area contributed by atoms with E-state index in [2.05, 4.69) is 110 Å². The predicted octanol–water partition coefficient (Wildman–Crippen LogP) is 3.17.